The molecule has 160 valence electrons. The standard InChI is InChI=1S/C20H19ClF2N2O4S/c1-10-7-8-11(13(21)15(10)25(4)19(27)18(22)23)17-16(26)14-12(6-5-9-24-14)20(2,3)30(17,28)29/h5-9,18,26H,1-4H3. The van der Waals surface area contributed by atoms with Gasteiger partial charge in [-0.2, -0.15) is 8.78 Å². The molecular formula is C20H19ClF2N2O4S. The van der Waals surface area contributed by atoms with Gasteiger partial charge in [-0.25, -0.2) is 8.42 Å². The molecule has 2 aromatic rings. The Balaban J connectivity index is 2.36. The van der Waals surface area contributed by atoms with Gasteiger partial charge in [0.25, 0.3) is 5.91 Å². The molecule has 0 bridgehead atoms. The molecule has 1 aromatic heterocycles. The molecule has 3 rings (SSSR count). The molecule has 0 radical (unpaired) electrons. The number of rotatable bonds is 3. The number of carbonyl (C=O) groups is 1. The highest BCUT2D eigenvalue weighted by Crippen LogP contribution is 2.50. The lowest BCUT2D eigenvalue weighted by molar-refractivity contribution is -0.128. The number of anilines is 1. The van der Waals surface area contributed by atoms with Crippen LogP contribution in [0.2, 0.25) is 5.02 Å². The Morgan fingerprint density at radius 2 is 1.90 bits per heavy atom. The Morgan fingerprint density at radius 3 is 2.50 bits per heavy atom. The third kappa shape index (κ3) is 3.07. The van der Waals surface area contributed by atoms with Crippen LogP contribution in [-0.4, -0.2) is 37.9 Å². The number of aliphatic hydroxyl groups is 1. The first-order valence-electron chi connectivity index (χ1n) is 8.83. The zero-order valence-electron chi connectivity index (χ0n) is 16.6. The van der Waals surface area contributed by atoms with Crippen molar-refractivity contribution in [2.45, 2.75) is 31.9 Å². The molecule has 0 saturated carbocycles. The molecule has 10 heteroatoms. The van der Waals surface area contributed by atoms with E-state index < -0.39 is 37.6 Å². The molecule has 6 nitrogen and oxygen atoms in total. The molecule has 1 aliphatic heterocycles. The first-order chi connectivity index (χ1) is 13.8. The number of hydrogen-bond acceptors (Lipinski definition) is 5. The third-order valence-electron chi connectivity index (χ3n) is 5.25. The predicted octanol–water partition coefficient (Wildman–Crippen LogP) is 4.32. The topological polar surface area (TPSA) is 87.6 Å². The van der Waals surface area contributed by atoms with E-state index in [4.69, 9.17) is 11.6 Å². The third-order valence-corrected chi connectivity index (χ3v) is 8.15. The van der Waals surface area contributed by atoms with E-state index in [-0.39, 0.29) is 22.0 Å². The van der Waals surface area contributed by atoms with Crippen LogP contribution in [0.1, 0.15) is 36.2 Å². The second-order valence-corrected chi connectivity index (χ2v) is 10.2. The summed E-state index contributed by atoms with van der Waals surface area (Å²) in [5.41, 5.74) is 0.612. The molecule has 2 heterocycles. The maximum atomic E-state index is 13.5. The summed E-state index contributed by atoms with van der Waals surface area (Å²) in [6.07, 6.45) is -1.85. The average Bonchev–Trinajstić information content (AvgIpc) is 2.67. The fraction of sp³-hybridized carbons (Fsp3) is 0.300. The van der Waals surface area contributed by atoms with Gasteiger partial charge < -0.3 is 10.0 Å². The maximum Gasteiger partial charge on any atom is 0.316 e. The van der Waals surface area contributed by atoms with Crippen molar-refractivity contribution in [2.24, 2.45) is 0 Å². The van der Waals surface area contributed by atoms with E-state index in [9.17, 15) is 27.1 Å². The van der Waals surface area contributed by atoms with Crippen LogP contribution in [0.4, 0.5) is 14.5 Å². The summed E-state index contributed by atoms with van der Waals surface area (Å²) >= 11 is 6.43. The van der Waals surface area contributed by atoms with Crippen LogP contribution in [0, 0.1) is 6.92 Å². The summed E-state index contributed by atoms with van der Waals surface area (Å²) in [6, 6.07) is 5.94. The minimum Gasteiger partial charge on any atom is -0.504 e. The first kappa shape index (κ1) is 22.2. The number of alkyl halides is 2. The number of aliphatic hydroxyl groups excluding tert-OH is 1. The Bertz CT molecular complexity index is 1190. The fourth-order valence-electron chi connectivity index (χ4n) is 3.49. The van der Waals surface area contributed by atoms with Gasteiger partial charge in [0, 0.05) is 24.4 Å². The molecule has 1 aliphatic rings. The molecule has 0 unspecified atom stereocenters. The summed E-state index contributed by atoms with van der Waals surface area (Å²) < 4.78 is 51.4. The average molecular weight is 457 g/mol. The van der Waals surface area contributed by atoms with E-state index in [1.807, 2.05) is 0 Å². The van der Waals surface area contributed by atoms with Crippen molar-refractivity contribution in [3.05, 3.63) is 57.9 Å². The van der Waals surface area contributed by atoms with Gasteiger partial charge in [0.2, 0.25) is 0 Å². The number of halogens is 3. The lowest BCUT2D eigenvalue weighted by Gasteiger charge is -2.33. The lowest BCUT2D eigenvalue weighted by Crippen LogP contribution is -2.35. The van der Waals surface area contributed by atoms with Crippen LogP contribution in [0.3, 0.4) is 0 Å². The maximum absolute atomic E-state index is 13.5. The lowest BCUT2D eigenvalue weighted by atomic mass is 9.97. The molecule has 0 fully saturated rings. The van der Waals surface area contributed by atoms with E-state index in [0.717, 1.165) is 7.05 Å². The summed E-state index contributed by atoms with van der Waals surface area (Å²) in [5.74, 6) is -2.08. The predicted molar refractivity (Wildman–Crippen MR) is 111 cm³/mol. The van der Waals surface area contributed by atoms with Crippen LogP contribution in [0.15, 0.2) is 30.5 Å². The number of carbonyl (C=O) groups excluding carboxylic acids is 1. The normalized spacial score (nSPS) is 17.1. The van der Waals surface area contributed by atoms with Gasteiger partial charge in [-0.1, -0.05) is 29.8 Å². The highest BCUT2D eigenvalue weighted by atomic mass is 35.5. The minimum absolute atomic E-state index is 0.0698. The molecule has 0 spiro atoms. The zero-order valence-corrected chi connectivity index (χ0v) is 18.1. The van der Waals surface area contributed by atoms with Crippen molar-refractivity contribution in [2.75, 3.05) is 11.9 Å². The van der Waals surface area contributed by atoms with Gasteiger partial charge in [-0.15, -0.1) is 0 Å². The minimum atomic E-state index is -4.18. The summed E-state index contributed by atoms with van der Waals surface area (Å²) in [5, 5.41) is 10.6. The van der Waals surface area contributed by atoms with Gasteiger partial charge >= 0.3 is 6.43 Å². The molecule has 0 aliphatic carbocycles. The van der Waals surface area contributed by atoms with Crippen molar-refractivity contribution in [3.63, 3.8) is 0 Å². The number of benzene rings is 1. The Hall–Kier alpha value is -2.52. The quantitative estimate of drug-likeness (QED) is 0.743. The number of amides is 1. The van der Waals surface area contributed by atoms with Gasteiger partial charge in [0.1, 0.15) is 10.6 Å². The largest absolute Gasteiger partial charge is 0.504 e. The van der Waals surface area contributed by atoms with Crippen molar-refractivity contribution in [1.82, 2.24) is 4.98 Å². The Morgan fingerprint density at radius 1 is 1.27 bits per heavy atom. The van der Waals surface area contributed by atoms with E-state index in [1.165, 1.54) is 32.2 Å². The number of hydrogen-bond donors (Lipinski definition) is 1. The second-order valence-electron chi connectivity index (χ2n) is 7.38. The van der Waals surface area contributed by atoms with Crippen LogP contribution in [0.5, 0.6) is 0 Å². The molecule has 1 amide bonds. The van der Waals surface area contributed by atoms with E-state index in [2.05, 4.69) is 4.98 Å². The highest BCUT2D eigenvalue weighted by molar-refractivity contribution is 8.01. The smallest absolute Gasteiger partial charge is 0.316 e. The van der Waals surface area contributed by atoms with E-state index in [0.29, 0.717) is 16.0 Å². The van der Waals surface area contributed by atoms with Gasteiger partial charge in [0.05, 0.1) is 15.5 Å². The van der Waals surface area contributed by atoms with Crippen LogP contribution >= 0.6 is 11.6 Å². The number of fused-ring (bicyclic) bond motifs is 1. The highest BCUT2D eigenvalue weighted by Gasteiger charge is 2.48. The molecule has 0 atom stereocenters. The fourth-order valence-corrected chi connectivity index (χ4v) is 5.76. The van der Waals surface area contributed by atoms with Crippen molar-refractivity contribution in [3.8, 4) is 0 Å². The number of aromatic nitrogens is 1. The monoisotopic (exact) mass is 456 g/mol. The van der Waals surface area contributed by atoms with Crippen molar-refractivity contribution < 1.29 is 27.1 Å². The summed E-state index contributed by atoms with van der Waals surface area (Å²) in [7, 11) is -3.06. The van der Waals surface area contributed by atoms with E-state index in [1.54, 1.807) is 19.1 Å². The summed E-state index contributed by atoms with van der Waals surface area (Å²) in [6.45, 7) is 4.50. The molecule has 1 N–H and O–H groups in total. The van der Waals surface area contributed by atoms with Gasteiger partial charge in [0.15, 0.2) is 15.6 Å². The summed E-state index contributed by atoms with van der Waals surface area (Å²) in [4.78, 5) is 16.1. The number of aryl methyl sites for hydroxylation is 1. The van der Waals surface area contributed by atoms with Crippen LogP contribution in [-0.2, 0) is 19.4 Å². The molecule has 1 aromatic carbocycles. The van der Waals surface area contributed by atoms with Crippen LogP contribution < -0.4 is 4.90 Å². The van der Waals surface area contributed by atoms with Crippen LogP contribution in [0.25, 0.3) is 10.7 Å². The SMILES string of the molecule is Cc1ccc(C2=C(O)c3ncccc3C(C)(C)S2(=O)=O)c(Cl)c1N(C)C(=O)C(F)F. The van der Waals surface area contributed by atoms with Crippen molar-refractivity contribution in [1.29, 1.82) is 0 Å². The van der Waals surface area contributed by atoms with Crippen molar-refractivity contribution >= 4 is 43.7 Å². The first-order valence-corrected chi connectivity index (χ1v) is 10.7. The van der Waals surface area contributed by atoms with Gasteiger partial charge in [-0.3, -0.25) is 9.78 Å². The number of nitrogens with zero attached hydrogens (tertiary/aromatic N) is 2. The second kappa shape index (κ2) is 7.31. The number of pyridine rings is 1. The molecular weight excluding hydrogens is 438 g/mol. The Kier molecular flexibility index (Phi) is 5.41. The number of sulfone groups is 1. The van der Waals surface area contributed by atoms with Gasteiger partial charge in [-0.05, 0) is 32.4 Å². The zero-order chi connectivity index (χ0) is 22.6. The Labute approximate surface area is 177 Å². The van der Waals surface area contributed by atoms with E-state index >= 15 is 0 Å². The molecule has 30 heavy (non-hydrogen) atoms. The molecule has 0 saturated heterocycles.